The van der Waals surface area contributed by atoms with Gasteiger partial charge < -0.3 is 10.2 Å². The van der Waals surface area contributed by atoms with E-state index < -0.39 is 0 Å². The molecule has 0 aliphatic carbocycles. The van der Waals surface area contributed by atoms with E-state index in [1.54, 1.807) is 16.7 Å². The largest absolute Gasteiger partial charge is 0.351 e. The topological polar surface area (TPSA) is 49.4 Å². The number of thioether (sulfide) groups is 1. The predicted molar refractivity (Wildman–Crippen MR) is 91.2 cm³/mol. The molecule has 1 fully saturated rings. The summed E-state index contributed by atoms with van der Waals surface area (Å²) in [4.78, 5) is 27.4. The van der Waals surface area contributed by atoms with Gasteiger partial charge >= 0.3 is 0 Å². The second-order valence-electron chi connectivity index (χ2n) is 6.33. The molecule has 1 atom stereocenters. The van der Waals surface area contributed by atoms with Crippen LogP contribution in [-0.4, -0.2) is 30.2 Å². The minimum absolute atomic E-state index is 0.0198. The Hall–Kier alpha value is -1.49. The number of carbonyl (C=O) groups is 2. The van der Waals surface area contributed by atoms with Crippen molar-refractivity contribution in [2.45, 2.75) is 44.0 Å². The van der Waals surface area contributed by atoms with Gasteiger partial charge in [0, 0.05) is 29.1 Å². The molecule has 2 rings (SSSR count). The maximum Gasteiger partial charge on any atom is 0.227 e. The fraction of sp³-hybridized carbons (Fsp3) is 0.529. The first-order valence-electron chi connectivity index (χ1n) is 7.62. The molecule has 1 saturated heterocycles. The lowest BCUT2D eigenvalue weighted by Gasteiger charge is -2.26. The lowest BCUT2D eigenvalue weighted by molar-refractivity contribution is -0.127. The summed E-state index contributed by atoms with van der Waals surface area (Å²) in [5.74, 6) is -0.270. The van der Waals surface area contributed by atoms with Crippen molar-refractivity contribution in [3.63, 3.8) is 0 Å². The lowest BCUT2D eigenvalue weighted by Crippen LogP contribution is -2.46. The molecule has 1 aromatic rings. The molecule has 1 unspecified atom stereocenters. The standard InChI is InChI=1S/C17H24N2O2S/c1-5-17(2,3)18-16(21)12-10-15(20)19(11-12)13-6-8-14(22-4)9-7-13/h6-9,12H,5,10-11H2,1-4H3,(H,18,21). The number of rotatable bonds is 5. The number of hydrogen-bond donors (Lipinski definition) is 1. The van der Waals surface area contributed by atoms with Crippen LogP contribution in [0.1, 0.15) is 33.6 Å². The Kier molecular flexibility index (Phi) is 5.16. The van der Waals surface area contributed by atoms with Gasteiger partial charge in [-0.25, -0.2) is 0 Å². The van der Waals surface area contributed by atoms with Crippen molar-refractivity contribution in [2.75, 3.05) is 17.7 Å². The first kappa shape index (κ1) is 16.9. The van der Waals surface area contributed by atoms with Crippen LogP contribution in [0.2, 0.25) is 0 Å². The van der Waals surface area contributed by atoms with E-state index >= 15 is 0 Å². The molecule has 1 aromatic carbocycles. The van der Waals surface area contributed by atoms with Gasteiger partial charge in [0.15, 0.2) is 0 Å². The Morgan fingerprint density at radius 2 is 2.00 bits per heavy atom. The molecule has 1 N–H and O–H groups in total. The van der Waals surface area contributed by atoms with Crippen molar-refractivity contribution >= 4 is 29.3 Å². The van der Waals surface area contributed by atoms with Gasteiger partial charge in [0.2, 0.25) is 11.8 Å². The number of carbonyl (C=O) groups excluding carboxylic acids is 2. The minimum atomic E-state index is -0.265. The van der Waals surface area contributed by atoms with E-state index in [1.165, 1.54) is 0 Å². The van der Waals surface area contributed by atoms with E-state index in [4.69, 9.17) is 0 Å². The Bertz CT molecular complexity index is 554. The highest BCUT2D eigenvalue weighted by Gasteiger charge is 2.36. The number of anilines is 1. The summed E-state index contributed by atoms with van der Waals surface area (Å²) in [7, 11) is 0. The molecular weight excluding hydrogens is 296 g/mol. The zero-order chi connectivity index (χ0) is 16.3. The molecule has 2 amide bonds. The van der Waals surface area contributed by atoms with Gasteiger partial charge in [-0.2, -0.15) is 0 Å². The van der Waals surface area contributed by atoms with Gasteiger partial charge in [-0.3, -0.25) is 9.59 Å². The van der Waals surface area contributed by atoms with Crippen LogP contribution in [0.25, 0.3) is 0 Å². The third-order valence-electron chi connectivity index (χ3n) is 4.23. The van der Waals surface area contributed by atoms with Crippen LogP contribution >= 0.6 is 11.8 Å². The van der Waals surface area contributed by atoms with Crippen molar-refractivity contribution in [3.05, 3.63) is 24.3 Å². The van der Waals surface area contributed by atoms with Crippen LogP contribution in [0.5, 0.6) is 0 Å². The fourth-order valence-corrected chi connectivity index (χ4v) is 2.83. The van der Waals surface area contributed by atoms with Gasteiger partial charge in [0.1, 0.15) is 0 Å². The van der Waals surface area contributed by atoms with E-state index in [2.05, 4.69) is 5.32 Å². The van der Waals surface area contributed by atoms with Crippen LogP contribution in [0, 0.1) is 5.92 Å². The quantitative estimate of drug-likeness (QED) is 0.848. The highest BCUT2D eigenvalue weighted by Crippen LogP contribution is 2.27. The molecule has 1 aliphatic rings. The zero-order valence-electron chi connectivity index (χ0n) is 13.7. The lowest BCUT2D eigenvalue weighted by atomic mass is 9.99. The average Bonchev–Trinajstić information content (AvgIpc) is 2.89. The first-order chi connectivity index (χ1) is 10.4. The fourth-order valence-electron chi connectivity index (χ4n) is 2.42. The normalized spacial score (nSPS) is 18.6. The van der Waals surface area contributed by atoms with E-state index in [0.717, 1.165) is 17.0 Å². The molecule has 5 heteroatoms. The van der Waals surface area contributed by atoms with Crippen LogP contribution in [0.4, 0.5) is 5.69 Å². The first-order valence-corrected chi connectivity index (χ1v) is 8.85. The molecule has 1 heterocycles. The summed E-state index contributed by atoms with van der Waals surface area (Å²) in [6.07, 6.45) is 3.17. The SMILES string of the molecule is CCC(C)(C)NC(=O)C1CC(=O)N(c2ccc(SC)cc2)C1. The summed E-state index contributed by atoms with van der Waals surface area (Å²) in [5, 5.41) is 3.04. The monoisotopic (exact) mass is 320 g/mol. The molecule has 120 valence electrons. The molecule has 0 bridgehead atoms. The minimum Gasteiger partial charge on any atom is -0.351 e. The Morgan fingerprint density at radius 1 is 1.36 bits per heavy atom. The molecule has 0 spiro atoms. The van der Waals surface area contributed by atoms with Crippen molar-refractivity contribution in [2.24, 2.45) is 5.92 Å². The van der Waals surface area contributed by atoms with Gasteiger partial charge in [-0.15, -0.1) is 11.8 Å². The van der Waals surface area contributed by atoms with Gasteiger partial charge in [-0.05, 0) is 50.8 Å². The Morgan fingerprint density at radius 3 is 2.55 bits per heavy atom. The second kappa shape index (κ2) is 6.73. The average molecular weight is 320 g/mol. The van der Waals surface area contributed by atoms with E-state index in [-0.39, 0.29) is 29.7 Å². The highest BCUT2D eigenvalue weighted by molar-refractivity contribution is 7.98. The van der Waals surface area contributed by atoms with Gasteiger partial charge in [-0.1, -0.05) is 6.92 Å². The molecular formula is C17H24N2O2S. The Labute approximate surface area is 136 Å². The van der Waals surface area contributed by atoms with Crippen LogP contribution in [0.3, 0.4) is 0 Å². The van der Waals surface area contributed by atoms with Crippen molar-refractivity contribution in [1.29, 1.82) is 0 Å². The highest BCUT2D eigenvalue weighted by atomic mass is 32.2. The van der Waals surface area contributed by atoms with Crippen molar-refractivity contribution < 1.29 is 9.59 Å². The molecule has 4 nitrogen and oxygen atoms in total. The molecule has 22 heavy (non-hydrogen) atoms. The predicted octanol–water partition coefficient (Wildman–Crippen LogP) is 3.07. The second-order valence-corrected chi connectivity index (χ2v) is 7.21. The van der Waals surface area contributed by atoms with Gasteiger partial charge in [0.05, 0.1) is 5.92 Å². The maximum atomic E-state index is 12.3. The summed E-state index contributed by atoms with van der Waals surface area (Å²) in [6, 6.07) is 7.89. The zero-order valence-corrected chi connectivity index (χ0v) is 14.5. The number of nitrogens with zero attached hydrogens (tertiary/aromatic N) is 1. The third kappa shape index (κ3) is 3.83. The van der Waals surface area contributed by atoms with Crippen LogP contribution < -0.4 is 10.2 Å². The van der Waals surface area contributed by atoms with E-state index in [9.17, 15) is 9.59 Å². The number of amides is 2. The Balaban J connectivity index is 2.05. The maximum absolute atomic E-state index is 12.3. The van der Waals surface area contributed by atoms with Crippen molar-refractivity contribution in [1.82, 2.24) is 5.32 Å². The summed E-state index contributed by atoms with van der Waals surface area (Å²) >= 11 is 1.67. The number of benzene rings is 1. The van der Waals surface area contributed by atoms with E-state index in [0.29, 0.717) is 6.54 Å². The third-order valence-corrected chi connectivity index (χ3v) is 4.97. The molecule has 0 saturated carbocycles. The smallest absolute Gasteiger partial charge is 0.227 e. The molecule has 1 aliphatic heterocycles. The number of nitrogens with one attached hydrogen (secondary N) is 1. The number of hydrogen-bond acceptors (Lipinski definition) is 3. The van der Waals surface area contributed by atoms with Gasteiger partial charge in [0.25, 0.3) is 0 Å². The summed E-state index contributed by atoms with van der Waals surface area (Å²) in [5.41, 5.74) is 0.640. The summed E-state index contributed by atoms with van der Waals surface area (Å²) < 4.78 is 0. The van der Waals surface area contributed by atoms with Crippen LogP contribution in [0.15, 0.2) is 29.2 Å². The van der Waals surface area contributed by atoms with Crippen molar-refractivity contribution in [3.8, 4) is 0 Å². The molecule has 0 aromatic heterocycles. The molecule has 0 radical (unpaired) electrons. The summed E-state index contributed by atoms with van der Waals surface area (Å²) in [6.45, 7) is 6.50. The van der Waals surface area contributed by atoms with E-state index in [1.807, 2.05) is 51.3 Å². The van der Waals surface area contributed by atoms with Crippen LogP contribution in [-0.2, 0) is 9.59 Å².